The average molecular weight is 174 g/mol. The van der Waals surface area contributed by atoms with E-state index < -0.39 is 0 Å². The SMILES string of the molecule is CC1CCCC(C(=O)OP)C1. The van der Waals surface area contributed by atoms with Gasteiger partial charge in [0.15, 0.2) is 0 Å². The van der Waals surface area contributed by atoms with Gasteiger partial charge in [-0.05, 0) is 18.8 Å². The van der Waals surface area contributed by atoms with Crippen molar-refractivity contribution in [3.05, 3.63) is 0 Å². The number of carbonyl (C=O) groups excluding carboxylic acids is 1. The molecule has 0 aromatic heterocycles. The quantitative estimate of drug-likeness (QED) is 0.569. The Balaban J connectivity index is 2.39. The molecule has 1 saturated carbocycles. The standard InChI is InChI=1S/C8H15O2P/c1-6-3-2-4-7(5-6)8(9)10-11/h6-7H,2-5,11H2,1H3. The van der Waals surface area contributed by atoms with Crippen LogP contribution in [0, 0.1) is 11.8 Å². The largest absolute Gasteiger partial charge is 0.451 e. The Kier molecular flexibility index (Phi) is 3.32. The van der Waals surface area contributed by atoms with Crippen LogP contribution < -0.4 is 0 Å². The van der Waals surface area contributed by atoms with Crippen molar-refractivity contribution in [1.29, 1.82) is 0 Å². The zero-order chi connectivity index (χ0) is 8.27. The van der Waals surface area contributed by atoms with Crippen LogP contribution >= 0.6 is 9.47 Å². The van der Waals surface area contributed by atoms with Crippen molar-refractivity contribution < 1.29 is 9.32 Å². The Morgan fingerprint density at radius 1 is 1.55 bits per heavy atom. The highest BCUT2D eigenvalue weighted by Gasteiger charge is 2.25. The van der Waals surface area contributed by atoms with Crippen LogP contribution in [0.3, 0.4) is 0 Å². The molecule has 1 aliphatic rings. The molecule has 3 heteroatoms. The second-order valence-electron chi connectivity index (χ2n) is 3.41. The van der Waals surface area contributed by atoms with E-state index in [2.05, 4.69) is 11.4 Å². The van der Waals surface area contributed by atoms with Crippen LogP contribution in [0.2, 0.25) is 0 Å². The van der Waals surface area contributed by atoms with E-state index in [0.717, 1.165) is 12.8 Å². The van der Waals surface area contributed by atoms with E-state index in [4.69, 9.17) is 0 Å². The van der Waals surface area contributed by atoms with Gasteiger partial charge in [-0.25, -0.2) is 0 Å². The molecule has 0 heterocycles. The molecule has 2 nitrogen and oxygen atoms in total. The minimum atomic E-state index is -0.0541. The molecule has 0 saturated heterocycles. The number of hydrogen-bond donors (Lipinski definition) is 0. The molecule has 0 aliphatic heterocycles. The van der Waals surface area contributed by atoms with E-state index in [1.807, 2.05) is 9.47 Å². The first-order valence-electron chi connectivity index (χ1n) is 4.14. The third-order valence-electron chi connectivity index (χ3n) is 2.39. The van der Waals surface area contributed by atoms with E-state index in [9.17, 15) is 4.79 Å². The first-order valence-corrected chi connectivity index (χ1v) is 4.61. The fourth-order valence-corrected chi connectivity index (χ4v) is 1.94. The molecule has 0 radical (unpaired) electrons. The smallest absolute Gasteiger partial charge is 0.311 e. The van der Waals surface area contributed by atoms with Crippen LogP contribution in [-0.2, 0) is 9.32 Å². The first-order chi connectivity index (χ1) is 5.24. The fourth-order valence-electron chi connectivity index (χ4n) is 1.74. The van der Waals surface area contributed by atoms with Crippen LogP contribution in [0.25, 0.3) is 0 Å². The molecular weight excluding hydrogens is 159 g/mol. The Bertz CT molecular complexity index is 147. The average Bonchev–Trinajstić information content (AvgIpc) is 2.03. The van der Waals surface area contributed by atoms with Crippen LogP contribution in [0.4, 0.5) is 0 Å². The molecule has 0 spiro atoms. The van der Waals surface area contributed by atoms with Crippen LogP contribution in [0.15, 0.2) is 0 Å². The minimum absolute atomic E-state index is 0.0541. The fraction of sp³-hybridized carbons (Fsp3) is 0.875. The third kappa shape index (κ3) is 2.44. The van der Waals surface area contributed by atoms with E-state index in [1.54, 1.807) is 0 Å². The molecule has 1 rings (SSSR count). The van der Waals surface area contributed by atoms with Gasteiger partial charge in [0.25, 0.3) is 0 Å². The second kappa shape index (κ2) is 4.06. The van der Waals surface area contributed by atoms with Crippen molar-refractivity contribution in [2.24, 2.45) is 11.8 Å². The molecule has 0 amide bonds. The van der Waals surface area contributed by atoms with E-state index in [-0.39, 0.29) is 11.9 Å². The zero-order valence-electron chi connectivity index (χ0n) is 6.88. The van der Waals surface area contributed by atoms with Crippen molar-refractivity contribution in [2.75, 3.05) is 0 Å². The number of carbonyl (C=O) groups is 1. The lowest BCUT2D eigenvalue weighted by atomic mass is 9.83. The molecule has 1 aliphatic carbocycles. The van der Waals surface area contributed by atoms with Gasteiger partial charge in [0.05, 0.1) is 15.4 Å². The minimum Gasteiger partial charge on any atom is -0.451 e. The van der Waals surface area contributed by atoms with E-state index in [1.165, 1.54) is 12.8 Å². The molecule has 1 fully saturated rings. The highest BCUT2D eigenvalue weighted by molar-refractivity contribution is 7.10. The monoisotopic (exact) mass is 174 g/mol. The van der Waals surface area contributed by atoms with Gasteiger partial charge in [0.2, 0.25) is 0 Å². The summed E-state index contributed by atoms with van der Waals surface area (Å²) in [7, 11) is 2.03. The molecule has 0 aromatic carbocycles. The van der Waals surface area contributed by atoms with Gasteiger partial charge >= 0.3 is 5.97 Å². The topological polar surface area (TPSA) is 26.3 Å². The van der Waals surface area contributed by atoms with Gasteiger partial charge in [0.1, 0.15) is 0 Å². The molecule has 0 bridgehead atoms. The Hall–Kier alpha value is -0.100. The van der Waals surface area contributed by atoms with Gasteiger partial charge in [-0.15, -0.1) is 0 Å². The summed E-state index contributed by atoms with van der Waals surface area (Å²) in [5.74, 6) is 0.802. The summed E-state index contributed by atoms with van der Waals surface area (Å²) >= 11 is 0. The summed E-state index contributed by atoms with van der Waals surface area (Å²) in [5, 5.41) is 0. The molecule has 3 atom stereocenters. The summed E-state index contributed by atoms with van der Waals surface area (Å²) in [5.41, 5.74) is 0. The normalized spacial score (nSPS) is 31.5. The van der Waals surface area contributed by atoms with Crippen molar-refractivity contribution in [3.63, 3.8) is 0 Å². The maximum Gasteiger partial charge on any atom is 0.311 e. The summed E-state index contributed by atoms with van der Waals surface area (Å²) in [6.07, 6.45) is 4.46. The van der Waals surface area contributed by atoms with Gasteiger partial charge < -0.3 is 4.52 Å². The van der Waals surface area contributed by atoms with Crippen molar-refractivity contribution in [1.82, 2.24) is 0 Å². The van der Waals surface area contributed by atoms with Crippen LogP contribution in [0.1, 0.15) is 32.6 Å². The van der Waals surface area contributed by atoms with Gasteiger partial charge in [-0.2, -0.15) is 0 Å². The third-order valence-corrected chi connectivity index (χ3v) is 2.62. The Morgan fingerprint density at radius 3 is 2.82 bits per heavy atom. The highest BCUT2D eigenvalue weighted by atomic mass is 31.0. The van der Waals surface area contributed by atoms with Crippen molar-refractivity contribution >= 4 is 15.4 Å². The van der Waals surface area contributed by atoms with Crippen molar-refractivity contribution in [2.45, 2.75) is 32.6 Å². The number of rotatable bonds is 1. The van der Waals surface area contributed by atoms with Gasteiger partial charge in [0, 0.05) is 0 Å². The van der Waals surface area contributed by atoms with Gasteiger partial charge in [-0.3, -0.25) is 4.79 Å². The molecule has 3 unspecified atom stereocenters. The molecule has 0 N–H and O–H groups in total. The summed E-state index contributed by atoms with van der Waals surface area (Å²) in [6.45, 7) is 2.20. The lowest BCUT2D eigenvalue weighted by molar-refractivity contribution is -0.139. The lowest BCUT2D eigenvalue weighted by Crippen LogP contribution is -2.21. The first kappa shape index (κ1) is 8.99. The summed E-state index contributed by atoms with van der Waals surface area (Å²) in [6, 6.07) is 0. The Labute approximate surface area is 70.0 Å². The predicted octanol–water partition coefficient (Wildman–Crippen LogP) is 2.15. The van der Waals surface area contributed by atoms with E-state index in [0.29, 0.717) is 5.92 Å². The maximum atomic E-state index is 11.1. The second-order valence-corrected chi connectivity index (χ2v) is 3.64. The predicted molar refractivity (Wildman–Crippen MR) is 46.9 cm³/mol. The van der Waals surface area contributed by atoms with Crippen molar-refractivity contribution in [3.8, 4) is 0 Å². The molecule has 0 aromatic rings. The summed E-state index contributed by atoms with van der Waals surface area (Å²) in [4.78, 5) is 11.1. The van der Waals surface area contributed by atoms with Crippen LogP contribution in [0.5, 0.6) is 0 Å². The van der Waals surface area contributed by atoms with Crippen LogP contribution in [-0.4, -0.2) is 5.97 Å². The van der Waals surface area contributed by atoms with Gasteiger partial charge in [-0.1, -0.05) is 19.8 Å². The molecular formula is C8H15O2P. The zero-order valence-corrected chi connectivity index (χ0v) is 8.03. The highest BCUT2D eigenvalue weighted by Crippen LogP contribution is 2.29. The summed E-state index contributed by atoms with van der Waals surface area (Å²) < 4.78 is 4.62. The number of hydrogen-bond acceptors (Lipinski definition) is 2. The Morgan fingerprint density at radius 2 is 2.27 bits per heavy atom. The molecule has 11 heavy (non-hydrogen) atoms. The maximum absolute atomic E-state index is 11.1. The molecule has 64 valence electrons. The lowest BCUT2D eigenvalue weighted by Gasteiger charge is -2.24. The van der Waals surface area contributed by atoms with E-state index >= 15 is 0 Å².